The third-order valence-corrected chi connectivity index (χ3v) is 4.50. The quantitative estimate of drug-likeness (QED) is 0.751. The van der Waals surface area contributed by atoms with Crippen molar-refractivity contribution in [2.24, 2.45) is 0 Å². The fourth-order valence-corrected chi connectivity index (χ4v) is 3.23. The Morgan fingerprint density at radius 3 is 2.79 bits per heavy atom. The number of nitrogens with zero attached hydrogens (tertiary/aromatic N) is 2. The van der Waals surface area contributed by atoms with Gasteiger partial charge < -0.3 is 5.32 Å². The van der Waals surface area contributed by atoms with Gasteiger partial charge in [-0.05, 0) is 40.5 Å². The summed E-state index contributed by atoms with van der Waals surface area (Å²) >= 11 is 5.11. The topological polar surface area (TPSA) is 37.8 Å². The third kappa shape index (κ3) is 2.24. The van der Waals surface area contributed by atoms with Gasteiger partial charge in [-0.25, -0.2) is 9.97 Å². The number of halogens is 1. The van der Waals surface area contributed by atoms with Crippen LogP contribution in [0.5, 0.6) is 0 Å². The van der Waals surface area contributed by atoms with Crippen LogP contribution in [0, 0.1) is 6.92 Å². The normalized spacial score (nSPS) is 10.9. The Bertz CT molecular complexity index is 752. The summed E-state index contributed by atoms with van der Waals surface area (Å²) in [5.74, 6) is 1.63. The van der Waals surface area contributed by atoms with Gasteiger partial charge in [0.05, 0.1) is 9.30 Å². The van der Waals surface area contributed by atoms with E-state index >= 15 is 0 Å². The Morgan fingerprint density at radius 1 is 1.26 bits per heavy atom. The molecule has 2 aromatic heterocycles. The summed E-state index contributed by atoms with van der Waals surface area (Å²) in [6.07, 6.45) is 0. The predicted octanol–water partition coefficient (Wildman–Crippen LogP) is 4.47. The van der Waals surface area contributed by atoms with Crippen LogP contribution in [0.3, 0.4) is 0 Å². The highest BCUT2D eigenvalue weighted by molar-refractivity contribution is 9.11. The van der Waals surface area contributed by atoms with Crippen molar-refractivity contribution in [2.45, 2.75) is 6.92 Å². The van der Waals surface area contributed by atoms with Gasteiger partial charge in [0.25, 0.3) is 0 Å². The van der Waals surface area contributed by atoms with Gasteiger partial charge in [0.2, 0.25) is 0 Å². The molecule has 0 saturated heterocycles. The molecule has 0 unspecified atom stereocenters. The first kappa shape index (κ1) is 12.6. The highest BCUT2D eigenvalue weighted by Gasteiger charge is 2.11. The zero-order valence-corrected chi connectivity index (χ0v) is 13.0. The van der Waals surface area contributed by atoms with Gasteiger partial charge in [0.15, 0.2) is 5.82 Å². The Hall–Kier alpha value is -1.46. The molecule has 3 rings (SSSR count). The molecule has 1 N–H and O–H groups in total. The summed E-state index contributed by atoms with van der Waals surface area (Å²) in [7, 11) is 1.89. The van der Waals surface area contributed by atoms with Crippen LogP contribution in [0.25, 0.3) is 22.3 Å². The van der Waals surface area contributed by atoms with E-state index in [-0.39, 0.29) is 0 Å². The molecule has 0 radical (unpaired) electrons. The molecule has 1 aromatic carbocycles. The number of thiophene rings is 1. The van der Waals surface area contributed by atoms with E-state index in [1.165, 1.54) is 5.56 Å². The fourth-order valence-electron chi connectivity index (χ4n) is 2.09. The van der Waals surface area contributed by atoms with Gasteiger partial charge in [-0.3, -0.25) is 0 Å². The number of fused-ring (bicyclic) bond motifs is 1. The lowest BCUT2D eigenvalue weighted by molar-refractivity contribution is 1.21. The van der Waals surface area contributed by atoms with E-state index in [4.69, 9.17) is 0 Å². The second-order valence-corrected chi connectivity index (χ2v) is 6.54. The van der Waals surface area contributed by atoms with E-state index in [9.17, 15) is 0 Å². The number of hydrogen-bond donors (Lipinski definition) is 1. The molecule has 3 nitrogen and oxygen atoms in total. The van der Waals surface area contributed by atoms with E-state index in [0.717, 1.165) is 31.9 Å². The van der Waals surface area contributed by atoms with Crippen molar-refractivity contribution in [2.75, 3.05) is 12.4 Å². The van der Waals surface area contributed by atoms with Crippen LogP contribution in [-0.4, -0.2) is 17.0 Å². The van der Waals surface area contributed by atoms with Gasteiger partial charge >= 0.3 is 0 Å². The Labute approximate surface area is 123 Å². The lowest BCUT2D eigenvalue weighted by Crippen LogP contribution is -1.99. The van der Waals surface area contributed by atoms with E-state index in [0.29, 0.717) is 0 Å². The van der Waals surface area contributed by atoms with Crippen molar-refractivity contribution in [3.05, 3.63) is 39.0 Å². The molecule has 0 saturated carbocycles. The minimum absolute atomic E-state index is 0.754. The summed E-state index contributed by atoms with van der Waals surface area (Å²) in [5.41, 5.74) is 3.19. The van der Waals surface area contributed by atoms with Gasteiger partial charge in [-0.2, -0.15) is 0 Å². The Morgan fingerprint density at radius 2 is 2.11 bits per heavy atom. The molecule has 0 spiro atoms. The maximum atomic E-state index is 4.66. The minimum Gasteiger partial charge on any atom is -0.373 e. The van der Waals surface area contributed by atoms with E-state index in [2.05, 4.69) is 49.6 Å². The van der Waals surface area contributed by atoms with Crippen molar-refractivity contribution in [1.29, 1.82) is 0 Å². The highest BCUT2D eigenvalue weighted by atomic mass is 79.9. The van der Waals surface area contributed by atoms with Crippen LogP contribution in [0.4, 0.5) is 5.82 Å². The first-order valence-electron chi connectivity index (χ1n) is 5.88. The number of aromatic nitrogens is 2. The number of rotatable bonds is 2. The van der Waals surface area contributed by atoms with Crippen molar-refractivity contribution in [3.63, 3.8) is 0 Å². The lowest BCUT2D eigenvalue weighted by Gasteiger charge is -2.09. The molecule has 2 heterocycles. The number of hydrogen-bond acceptors (Lipinski definition) is 4. The van der Waals surface area contributed by atoms with Crippen LogP contribution >= 0.6 is 27.3 Å². The monoisotopic (exact) mass is 333 g/mol. The number of nitrogens with one attached hydrogen (secondary N) is 1. The lowest BCUT2D eigenvalue weighted by atomic mass is 10.1. The SMILES string of the molecule is CNc1nc(-c2csc(Br)c2)nc2cccc(C)c12. The van der Waals surface area contributed by atoms with Gasteiger partial charge in [0, 0.05) is 23.4 Å². The molecule has 19 heavy (non-hydrogen) atoms. The largest absolute Gasteiger partial charge is 0.373 e. The molecule has 0 fully saturated rings. The fraction of sp³-hybridized carbons (Fsp3) is 0.143. The molecular formula is C14H12BrN3S. The van der Waals surface area contributed by atoms with Crippen LogP contribution < -0.4 is 5.32 Å². The smallest absolute Gasteiger partial charge is 0.163 e. The summed E-state index contributed by atoms with van der Waals surface area (Å²) < 4.78 is 1.08. The second kappa shape index (κ2) is 4.90. The van der Waals surface area contributed by atoms with E-state index < -0.39 is 0 Å². The molecule has 0 atom stereocenters. The molecular weight excluding hydrogens is 322 g/mol. The van der Waals surface area contributed by atoms with Crippen molar-refractivity contribution in [1.82, 2.24) is 9.97 Å². The van der Waals surface area contributed by atoms with Crippen molar-refractivity contribution >= 4 is 44.0 Å². The Balaban J connectivity index is 2.29. The second-order valence-electron chi connectivity index (χ2n) is 4.25. The number of benzene rings is 1. The van der Waals surface area contributed by atoms with Crippen LogP contribution in [-0.2, 0) is 0 Å². The molecule has 96 valence electrons. The molecule has 3 aromatic rings. The maximum Gasteiger partial charge on any atom is 0.163 e. The van der Waals surface area contributed by atoms with E-state index in [1.807, 2.05) is 25.2 Å². The molecule has 0 aliphatic heterocycles. The average Bonchev–Trinajstić information content (AvgIpc) is 2.84. The van der Waals surface area contributed by atoms with Gasteiger partial charge in [-0.15, -0.1) is 11.3 Å². The van der Waals surface area contributed by atoms with Crippen LogP contribution in [0.15, 0.2) is 33.4 Å². The first-order chi connectivity index (χ1) is 9.19. The molecule has 0 aliphatic rings. The van der Waals surface area contributed by atoms with Crippen LogP contribution in [0.2, 0.25) is 0 Å². The van der Waals surface area contributed by atoms with Crippen molar-refractivity contribution in [3.8, 4) is 11.4 Å². The molecule has 0 amide bonds. The highest BCUT2D eigenvalue weighted by Crippen LogP contribution is 2.30. The summed E-state index contributed by atoms with van der Waals surface area (Å²) in [6.45, 7) is 2.08. The third-order valence-electron chi connectivity index (χ3n) is 2.99. The number of aryl methyl sites for hydroxylation is 1. The molecule has 5 heteroatoms. The van der Waals surface area contributed by atoms with Gasteiger partial charge in [-0.1, -0.05) is 12.1 Å². The zero-order valence-electron chi connectivity index (χ0n) is 10.6. The van der Waals surface area contributed by atoms with Crippen molar-refractivity contribution < 1.29 is 0 Å². The molecule has 0 bridgehead atoms. The maximum absolute atomic E-state index is 4.66. The zero-order chi connectivity index (χ0) is 13.4. The Kier molecular flexibility index (Phi) is 3.24. The van der Waals surface area contributed by atoms with Crippen LogP contribution in [0.1, 0.15) is 5.56 Å². The van der Waals surface area contributed by atoms with Gasteiger partial charge in [0.1, 0.15) is 5.82 Å². The average molecular weight is 334 g/mol. The summed E-state index contributed by atoms with van der Waals surface area (Å²) in [4.78, 5) is 9.29. The summed E-state index contributed by atoms with van der Waals surface area (Å²) in [6, 6.07) is 8.17. The first-order valence-corrected chi connectivity index (χ1v) is 7.56. The standard InChI is InChI=1S/C14H12BrN3S/c1-8-4-3-5-10-12(8)14(16-2)18-13(17-10)9-6-11(15)19-7-9/h3-7H,1-2H3,(H,16,17,18). The number of anilines is 1. The van der Waals surface area contributed by atoms with E-state index in [1.54, 1.807) is 11.3 Å². The minimum atomic E-state index is 0.754. The predicted molar refractivity (Wildman–Crippen MR) is 84.8 cm³/mol. The summed E-state index contributed by atoms with van der Waals surface area (Å²) in [5, 5.41) is 6.31. The molecule has 0 aliphatic carbocycles.